The van der Waals surface area contributed by atoms with E-state index in [1.165, 1.54) is 12.1 Å². The maximum absolute atomic E-state index is 12.4. The van der Waals surface area contributed by atoms with E-state index < -0.39 is 5.91 Å². The van der Waals surface area contributed by atoms with Gasteiger partial charge in [-0.05, 0) is 56.2 Å². The van der Waals surface area contributed by atoms with E-state index in [1.54, 1.807) is 19.1 Å². The van der Waals surface area contributed by atoms with Crippen LogP contribution in [0.5, 0.6) is 11.5 Å². The van der Waals surface area contributed by atoms with Crippen molar-refractivity contribution in [3.05, 3.63) is 58.7 Å². The van der Waals surface area contributed by atoms with Crippen molar-refractivity contribution >= 4 is 17.7 Å². The van der Waals surface area contributed by atoms with Gasteiger partial charge in [0, 0.05) is 5.69 Å². The van der Waals surface area contributed by atoms with Gasteiger partial charge in [0.05, 0.1) is 6.61 Å². The molecule has 1 amide bonds. The summed E-state index contributed by atoms with van der Waals surface area (Å²) in [6.45, 7) is 6.08. The molecule has 0 spiro atoms. The summed E-state index contributed by atoms with van der Waals surface area (Å²) < 4.78 is 5.31. The number of amides is 1. The van der Waals surface area contributed by atoms with Crippen molar-refractivity contribution in [1.29, 1.82) is 5.26 Å². The summed E-state index contributed by atoms with van der Waals surface area (Å²) in [5, 5.41) is 21.8. The van der Waals surface area contributed by atoms with Crippen molar-refractivity contribution in [2.75, 3.05) is 11.9 Å². The van der Waals surface area contributed by atoms with Crippen LogP contribution in [0.25, 0.3) is 6.08 Å². The number of benzene rings is 2. The van der Waals surface area contributed by atoms with Crippen LogP contribution in [0.1, 0.15) is 23.6 Å². The largest absolute Gasteiger partial charge is 0.504 e. The van der Waals surface area contributed by atoms with Crippen LogP contribution in [0.2, 0.25) is 0 Å². The molecule has 0 saturated heterocycles. The van der Waals surface area contributed by atoms with Crippen molar-refractivity contribution in [2.24, 2.45) is 0 Å². The molecule has 0 aliphatic carbocycles. The number of rotatable bonds is 5. The van der Waals surface area contributed by atoms with Crippen LogP contribution < -0.4 is 10.1 Å². The number of carbonyl (C=O) groups excluding carboxylic acids is 1. The lowest BCUT2D eigenvalue weighted by atomic mass is 10.1. The van der Waals surface area contributed by atoms with Gasteiger partial charge in [-0.1, -0.05) is 23.8 Å². The smallest absolute Gasteiger partial charge is 0.266 e. The predicted molar refractivity (Wildman–Crippen MR) is 97.4 cm³/mol. The molecule has 2 aromatic rings. The summed E-state index contributed by atoms with van der Waals surface area (Å²) in [4.78, 5) is 12.4. The fourth-order valence-corrected chi connectivity index (χ4v) is 2.35. The van der Waals surface area contributed by atoms with E-state index in [2.05, 4.69) is 5.32 Å². The zero-order valence-electron chi connectivity index (χ0n) is 14.5. The minimum absolute atomic E-state index is 0.0113. The fourth-order valence-electron chi connectivity index (χ4n) is 2.35. The summed E-state index contributed by atoms with van der Waals surface area (Å²) in [5.41, 5.74) is 3.24. The second-order valence-corrected chi connectivity index (χ2v) is 5.60. The third-order valence-corrected chi connectivity index (χ3v) is 3.59. The number of carbonyl (C=O) groups is 1. The highest BCUT2D eigenvalue weighted by Gasteiger charge is 2.12. The molecule has 25 heavy (non-hydrogen) atoms. The number of aromatic hydroxyl groups is 1. The van der Waals surface area contributed by atoms with Crippen molar-refractivity contribution in [1.82, 2.24) is 0 Å². The number of hydrogen-bond acceptors (Lipinski definition) is 4. The Morgan fingerprint density at radius 3 is 2.68 bits per heavy atom. The van der Waals surface area contributed by atoms with Gasteiger partial charge in [0.25, 0.3) is 5.91 Å². The van der Waals surface area contributed by atoms with Gasteiger partial charge in [-0.2, -0.15) is 5.26 Å². The van der Waals surface area contributed by atoms with Crippen LogP contribution in [-0.2, 0) is 4.79 Å². The second kappa shape index (κ2) is 8.02. The first kappa shape index (κ1) is 18.1. The molecule has 0 heterocycles. The number of ether oxygens (including phenoxy) is 1. The van der Waals surface area contributed by atoms with Crippen molar-refractivity contribution < 1.29 is 14.6 Å². The summed E-state index contributed by atoms with van der Waals surface area (Å²) in [6, 6.07) is 12.2. The first-order chi connectivity index (χ1) is 11.9. The topological polar surface area (TPSA) is 82.3 Å². The summed E-state index contributed by atoms with van der Waals surface area (Å²) in [7, 11) is 0. The van der Waals surface area contributed by atoms with Crippen LogP contribution in [0, 0.1) is 25.2 Å². The predicted octanol–water partition coefficient (Wildman–Crippen LogP) is 3.95. The van der Waals surface area contributed by atoms with E-state index in [-0.39, 0.29) is 11.3 Å². The lowest BCUT2D eigenvalue weighted by Crippen LogP contribution is -2.14. The molecule has 0 aliphatic heterocycles. The molecule has 0 bridgehead atoms. The van der Waals surface area contributed by atoms with Gasteiger partial charge >= 0.3 is 0 Å². The Kier molecular flexibility index (Phi) is 5.80. The van der Waals surface area contributed by atoms with E-state index in [9.17, 15) is 15.2 Å². The summed E-state index contributed by atoms with van der Waals surface area (Å²) in [6.07, 6.45) is 1.46. The molecule has 0 aliphatic rings. The number of nitrogens with zero attached hydrogens (tertiary/aromatic N) is 1. The van der Waals surface area contributed by atoms with E-state index in [4.69, 9.17) is 4.74 Å². The Balaban J connectivity index is 2.26. The Labute approximate surface area is 147 Å². The molecule has 0 fully saturated rings. The van der Waals surface area contributed by atoms with Gasteiger partial charge in [0.15, 0.2) is 11.5 Å². The first-order valence-electron chi connectivity index (χ1n) is 7.90. The Hall–Kier alpha value is -3.26. The van der Waals surface area contributed by atoms with Gasteiger partial charge < -0.3 is 15.2 Å². The Morgan fingerprint density at radius 2 is 2.04 bits per heavy atom. The minimum Gasteiger partial charge on any atom is -0.504 e. The van der Waals surface area contributed by atoms with Gasteiger partial charge in [0.1, 0.15) is 11.6 Å². The normalized spacial score (nSPS) is 10.9. The summed E-state index contributed by atoms with van der Waals surface area (Å²) in [5.74, 6) is -0.166. The Morgan fingerprint density at radius 1 is 1.28 bits per heavy atom. The van der Waals surface area contributed by atoms with E-state index >= 15 is 0 Å². The molecule has 0 radical (unpaired) electrons. The average molecular weight is 336 g/mol. The van der Waals surface area contributed by atoms with Crippen molar-refractivity contribution in [3.8, 4) is 17.6 Å². The highest BCUT2D eigenvalue weighted by Crippen LogP contribution is 2.28. The number of phenols is 1. The third kappa shape index (κ3) is 4.61. The zero-order valence-corrected chi connectivity index (χ0v) is 14.5. The zero-order chi connectivity index (χ0) is 18.4. The van der Waals surface area contributed by atoms with Crippen LogP contribution >= 0.6 is 0 Å². The molecule has 0 saturated carbocycles. The standard InChI is InChI=1S/C20H20N2O3/c1-4-25-19-11-15(6-8-18(19)23)10-16(12-21)20(24)22-17-7-5-13(2)9-14(17)3/h5-11,23H,4H2,1-3H3,(H,22,24)/b16-10-. The summed E-state index contributed by atoms with van der Waals surface area (Å²) >= 11 is 0. The van der Waals surface area contributed by atoms with Crippen LogP contribution in [0.4, 0.5) is 5.69 Å². The maximum Gasteiger partial charge on any atom is 0.266 e. The van der Waals surface area contributed by atoms with E-state index in [1.807, 2.05) is 38.1 Å². The maximum atomic E-state index is 12.4. The van der Waals surface area contributed by atoms with Gasteiger partial charge in [-0.15, -0.1) is 0 Å². The lowest BCUT2D eigenvalue weighted by molar-refractivity contribution is -0.112. The number of hydrogen-bond donors (Lipinski definition) is 2. The molecule has 0 unspecified atom stereocenters. The molecule has 0 aromatic heterocycles. The number of nitriles is 1. The van der Waals surface area contributed by atoms with Crippen LogP contribution in [-0.4, -0.2) is 17.6 Å². The van der Waals surface area contributed by atoms with Crippen LogP contribution in [0.3, 0.4) is 0 Å². The molecule has 0 atom stereocenters. The number of nitrogens with one attached hydrogen (secondary N) is 1. The first-order valence-corrected chi connectivity index (χ1v) is 7.90. The number of phenolic OH excluding ortho intramolecular Hbond substituents is 1. The monoisotopic (exact) mass is 336 g/mol. The molecular formula is C20H20N2O3. The SMILES string of the molecule is CCOc1cc(/C=C(/C#N)C(=O)Nc2ccc(C)cc2C)ccc1O. The van der Waals surface area contributed by atoms with Crippen LogP contribution in [0.15, 0.2) is 42.0 Å². The van der Waals surface area contributed by atoms with Crippen molar-refractivity contribution in [3.63, 3.8) is 0 Å². The molecule has 128 valence electrons. The van der Waals surface area contributed by atoms with Crippen molar-refractivity contribution in [2.45, 2.75) is 20.8 Å². The molecular weight excluding hydrogens is 316 g/mol. The highest BCUT2D eigenvalue weighted by molar-refractivity contribution is 6.10. The van der Waals surface area contributed by atoms with Gasteiger partial charge in [0.2, 0.25) is 0 Å². The van der Waals surface area contributed by atoms with Gasteiger partial charge in [-0.25, -0.2) is 0 Å². The second-order valence-electron chi connectivity index (χ2n) is 5.60. The minimum atomic E-state index is -0.486. The van der Waals surface area contributed by atoms with E-state index in [0.29, 0.717) is 23.6 Å². The van der Waals surface area contributed by atoms with E-state index in [0.717, 1.165) is 11.1 Å². The molecule has 5 nitrogen and oxygen atoms in total. The molecule has 2 N–H and O–H groups in total. The molecule has 2 aromatic carbocycles. The number of aryl methyl sites for hydroxylation is 2. The third-order valence-electron chi connectivity index (χ3n) is 3.59. The lowest BCUT2D eigenvalue weighted by Gasteiger charge is -2.09. The fraction of sp³-hybridized carbons (Fsp3) is 0.200. The molecule has 2 rings (SSSR count). The number of anilines is 1. The van der Waals surface area contributed by atoms with Gasteiger partial charge in [-0.3, -0.25) is 4.79 Å². The molecule has 5 heteroatoms. The highest BCUT2D eigenvalue weighted by atomic mass is 16.5. The Bertz CT molecular complexity index is 864. The average Bonchev–Trinajstić information content (AvgIpc) is 2.58. The quantitative estimate of drug-likeness (QED) is 0.640.